The minimum Gasteiger partial charge on any atom is -0.487 e. The molecule has 0 aromatic heterocycles. The van der Waals surface area contributed by atoms with E-state index in [9.17, 15) is 0 Å². The predicted octanol–water partition coefficient (Wildman–Crippen LogP) is 3.54. The summed E-state index contributed by atoms with van der Waals surface area (Å²) in [5.74, 6) is 3.88. The molecule has 2 heteroatoms. The Morgan fingerprint density at radius 2 is 1.70 bits per heavy atom. The van der Waals surface area contributed by atoms with Gasteiger partial charge in [-0.3, -0.25) is 0 Å². The van der Waals surface area contributed by atoms with Gasteiger partial charge < -0.3 is 10.5 Å². The predicted molar refractivity (Wildman–Crippen MR) is 80.7 cm³/mol. The topological polar surface area (TPSA) is 35.2 Å². The molecule has 0 amide bonds. The lowest BCUT2D eigenvalue weighted by Gasteiger charge is -2.56. The minimum absolute atomic E-state index is 0.163. The molecule has 0 unspecified atom stereocenters. The molecule has 2 N–H and O–H groups in total. The molecule has 5 rings (SSSR count). The molecule has 4 saturated carbocycles. The van der Waals surface area contributed by atoms with E-state index in [1.807, 2.05) is 0 Å². The first-order valence-electron chi connectivity index (χ1n) is 8.23. The van der Waals surface area contributed by atoms with E-state index >= 15 is 0 Å². The van der Waals surface area contributed by atoms with Gasteiger partial charge in [-0.25, -0.2) is 0 Å². The summed E-state index contributed by atoms with van der Waals surface area (Å²) in [4.78, 5) is 0. The number of ether oxygens (including phenoxy) is 1. The molecule has 108 valence electrons. The first-order chi connectivity index (χ1) is 9.75. The monoisotopic (exact) mass is 271 g/mol. The summed E-state index contributed by atoms with van der Waals surface area (Å²) < 4.78 is 6.56. The Labute approximate surface area is 121 Å². The van der Waals surface area contributed by atoms with Gasteiger partial charge in [-0.15, -0.1) is 0 Å². The number of rotatable bonds is 4. The molecule has 1 aromatic carbocycles. The van der Waals surface area contributed by atoms with E-state index in [1.165, 1.54) is 44.1 Å². The van der Waals surface area contributed by atoms with Crippen LogP contribution in [0.1, 0.15) is 44.1 Å². The van der Waals surface area contributed by atoms with Crippen molar-refractivity contribution in [1.29, 1.82) is 0 Å². The molecule has 0 radical (unpaired) electrons. The molecule has 0 heterocycles. The van der Waals surface area contributed by atoms with Crippen LogP contribution < -0.4 is 10.5 Å². The van der Waals surface area contributed by atoms with Crippen molar-refractivity contribution in [2.24, 2.45) is 23.5 Å². The van der Waals surface area contributed by atoms with Gasteiger partial charge in [0.2, 0.25) is 0 Å². The van der Waals surface area contributed by atoms with Crippen LogP contribution in [-0.4, -0.2) is 12.1 Å². The summed E-state index contributed by atoms with van der Waals surface area (Å²) in [7, 11) is 0. The molecular formula is C18H25NO. The Kier molecular flexibility index (Phi) is 3.03. The summed E-state index contributed by atoms with van der Waals surface area (Å²) >= 11 is 0. The lowest BCUT2D eigenvalue weighted by molar-refractivity contribution is -0.107. The van der Waals surface area contributed by atoms with Gasteiger partial charge in [-0.05, 0) is 86.9 Å². The van der Waals surface area contributed by atoms with E-state index < -0.39 is 0 Å². The van der Waals surface area contributed by atoms with Crippen molar-refractivity contribution in [2.75, 3.05) is 6.54 Å². The maximum Gasteiger partial charge on any atom is 0.120 e. The van der Waals surface area contributed by atoms with Crippen LogP contribution in [0.2, 0.25) is 0 Å². The van der Waals surface area contributed by atoms with E-state index in [0.717, 1.165) is 29.9 Å². The third kappa shape index (κ3) is 2.24. The minimum atomic E-state index is 0.163. The van der Waals surface area contributed by atoms with Gasteiger partial charge in [0, 0.05) is 0 Å². The largest absolute Gasteiger partial charge is 0.487 e. The van der Waals surface area contributed by atoms with Crippen LogP contribution in [0, 0.1) is 17.8 Å². The number of hydrogen-bond donors (Lipinski definition) is 1. The van der Waals surface area contributed by atoms with Gasteiger partial charge in [0.1, 0.15) is 11.4 Å². The fourth-order valence-electron chi connectivity index (χ4n) is 5.34. The fourth-order valence-corrected chi connectivity index (χ4v) is 5.34. The zero-order chi connectivity index (χ0) is 13.6. The summed E-state index contributed by atoms with van der Waals surface area (Å²) in [6.07, 6.45) is 9.22. The molecule has 20 heavy (non-hydrogen) atoms. The van der Waals surface area contributed by atoms with Gasteiger partial charge in [0.25, 0.3) is 0 Å². The van der Waals surface area contributed by atoms with E-state index in [2.05, 4.69) is 24.3 Å². The van der Waals surface area contributed by atoms with Crippen molar-refractivity contribution < 1.29 is 4.74 Å². The Bertz CT molecular complexity index is 461. The SMILES string of the molecule is NCCc1cccc(OC23CC4CC(CC(C4)C2)C3)c1. The number of benzene rings is 1. The molecule has 0 saturated heterocycles. The molecule has 2 nitrogen and oxygen atoms in total. The highest BCUT2D eigenvalue weighted by Crippen LogP contribution is 2.57. The van der Waals surface area contributed by atoms with Crippen molar-refractivity contribution in [3.8, 4) is 5.75 Å². The van der Waals surface area contributed by atoms with Gasteiger partial charge in [-0.2, -0.15) is 0 Å². The molecule has 0 atom stereocenters. The molecule has 0 spiro atoms. The van der Waals surface area contributed by atoms with Crippen LogP contribution in [0.25, 0.3) is 0 Å². The van der Waals surface area contributed by atoms with E-state index in [4.69, 9.17) is 10.5 Å². The second-order valence-electron chi connectivity index (χ2n) is 7.39. The van der Waals surface area contributed by atoms with Gasteiger partial charge in [-0.1, -0.05) is 12.1 Å². The maximum atomic E-state index is 6.56. The summed E-state index contributed by atoms with van der Waals surface area (Å²) in [6.45, 7) is 0.709. The highest BCUT2D eigenvalue weighted by Gasteiger charge is 2.52. The number of nitrogens with two attached hydrogens (primary N) is 1. The quantitative estimate of drug-likeness (QED) is 0.909. The molecular weight excluding hydrogens is 246 g/mol. The normalized spacial score (nSPS) is 38.1. The smallest absolute Gasteiger partial charge is 0.120 e. The first kappa shape index (κ1) is 12.7. The molecule has 4 aliphatic carbocycles. The van der Waals surface area contributed by atoms with Crippen molar-refractivity contribution in [3.63, 3.8) is 0 Å². The third-order valence-electron chi connectivity index (χ3n) is 5.65. The van der Waals surface area contributed by atoms with Crippen molar-refractivity contribution in [1.82, 2.24) is 0 Å². The number of hydrogen-bond acceptors (Lipinski definition) is 2. The van der Waals surface area contributed by atoms with Crippen molar-refractivity contribution in [3.05, 3.63) is 29.8 Å². The van der Waals surface area contributed by atoms with Gasteiger partial charge in [0.05, 0.1) is 0 Å². The summed E-state index contributed by atoms with van der Waals surface area (Å²) in [5, 5.41) is 0. The Balaban J connectivity index is 1.55. The highest BCUT2D eigenvalue weighted by molar-refractivity contribution is 5.30. The summed E-state index contributed by atoms with van der Waals surface area (Å²) in [6, 6.07) is 8.59. The lowest BCUT2D eigenvalue weighted by atomic mass is 9.54. The Morgan fingerprint density at radius 3 is 2.30 bits per heavy atom. The van der Waals surface area contributed by atoms with E-state index in [-0.39, 0.29) is 5.60 Å². The van der Waals surface area contributed by atoms with Crippen LogP contribution >= 0.6 is 0 Å². The van der Waals surface area contributed by atoms with E-state index in [0.29, 0.717) is 6.54 Å². The van der Waals surface area contributed by atoms with Crippen molar-refractivity contribution in [2.45, 2.75) is 50.5 Å². The van der Waals surface area contributed by atoms with Gasteiger partial charge in [0.15, 0.2) is 0 Å². The van der Waals surface area contributed by atoms with Crippen LogP contribution in [0.5, 0.6) is 5.75 Å². The fraction of sp³-hybridized carbons (Fsp3) is 0.667. The average molecular weight is 271 g/mol. The van der Waals surface area contributed by atoms with Crippen LogP contribution in [0.3, 0.4) is 0 Å². The Morgan fingerprint density at radius 1 is 1.05 bits per heavy atom. The van der Waals surface area contributed by atoms with Crippen LogP contribution in [0.4, 0.5) is 0 Å². The van der Waals surface area contributed by atoms with E-state index in [1.54, 1.807) is 0 Å². The first-order valence-corrected chi connectivity index (χ1v) is 8.23. The highest BCUT2D eigenvalue weighted by atomic mass is 16.5. The molecule has 4 fully saturated rings. The molecule has 4 bridgehead atoms. The zero-order valence-corrected chi connectivity index (χ0v) is 12.2. The molecule has 4 aliphatic rings. The summed E-state index contributed by atoms with van der Waals surface area (Å²) in [5.41, 5.74) is 7.12. The zero-order valence-electron chi connectivity index (χ0n) is 12.2. The standard InChI is InChI=1S/C18H25NO/c19-5-4-13-2-1-3-17(9-13)20-18-10-14-6-15(11-18)8-16(7-14)12-18/h1-3,9,14-16H,4-8,10-12,19H2. The second kappa shape index (κ2) is 4.77. The van der Waals surface area contributed by atoms with Crippen molar-refractivity contribution >= 4 is 0 Å². The maximum absolute atomic E-state index is 6.56. The Hall–Kier alpha value is -1.02. The average Bonchev–Trinajstić information content (AvgIpc) is 2.37. The van der Waals surface area contributed by atoms with Crippen LogP contribution in [0.15, 0.2) is 24.3 Å². The third-order valence-corrected chi connectivity index (χ3v) is 5.65. The van der Waals surface area contributed by atoms with Crippen LogP contribution in [-0.2, 0) is 6.42 Å². The lowest BCUT2D eigenvalue weighted by Crippen LogP contribution is -2.53. The second-order valence-corrected chi connectivity index (χ2v) is 7.39. The molecule has 1 aromatic rings. The molecule has 0 aliphatic heterocycles. The van der Waals surface area contributed by atoms with Gasteiger partial charge >= 0.3 is 0 Å².